The Labute approximate surface area is 221 Å². The number of anilines is 1. The van der Waals surface area contributed by atoms with Crippen molar-refractivity contribution in [1.82, 2.24) is 30.1 Å². The maximum atomic E-state index is 15.4. The van der Waals surface area contributed by atoms with Gasteiger partial charge in [-0.25, -0.2) is 4.39 Å². The summed E-state index contributed by atoms with van der Waals surface area (Å²) in [7, 11) is 1.54. The fraction of sp³-hybridized carbons (Fsp3) is 0.231. The summed E-state index contributed by atoms with van der Waals surface area (Å²) in [5.41, 5.74) is 2.30. The van der Waals surface area contributed by atoms with Crippen LogP contribution in [0.5, 0.6) is 0 Å². The van der Waals surface area contributed by atoms with E-state index in [2.05, 4.69) is 25.8 Å². The van der Waals surface area contributed by atoms with Crippen LogP contribution >= 0.6 is 11.6 Å². The number of nitrogens with zero attached hydrogens (tertiary/aromatic N) is 6. The highest BCUT2D eigenvalue weighted by atomic mass is 35.5. The minimum absolute atomic E-state index is 0.0924. The van der Waals surface area contributed by atoms with Gasteiger partial charge in [0.1, 0.15) is 12.4 Å². The molecule has 4 aromatic rings. The Morgan fingerprint density at radius 3 is 2.89 bits per heavy atom. The van der Waals surface area contributed by atoms with Crippen molar-refractivity contribution in [3.8, 4) is 5.69 Å². The number of benzene rings is 2. The first-order chi connectivity index (χ1) is 18.4. The van der Waals surface area contributed by atoms with Gasteiger partial charge in [0, 0.05) is 42.4 Å². The van der Waals surface area contributed by atoms with E-state index < -0.39 is 29.9 Å². The Hall–Kier alpha value is -4.22. The number of fused-ring (bicyclic) bond motifs is 2. The number of carbonyl (C=O) groups is 2. The van der Waals surface area contributed by atoms with Gasteiger partial charge in [-0.3, -0.25) is 14.6 Å². The molecule has 2 amide bonds. The number of amides is 2. The third-order valence-corrected chi connectivity index (χ3v) is 7.32. The molecule has 1 saturated heterocycles. The van der Waals surface area contributed by atoms with Crippen LogP contribution in [0.1, 0.15) is 18.4 Å². The maximum absolute atomic E-state index is 15.4. The molecule has 0 bridgehead atoms. The van der Waals surface area contributed by atoms with Crippen LogP contribution < -0.4 is 5.32 Å². The van der Waals surface area contributed by atoms with Gasteiger partial charge in [0.05, 0.1) is 28.4 Å². The molecule has 6 rings (SSSR count). The minimum Gasteiger partial charge on any atom is -0.379 e. The molecule has 1 fully saturated rings. The highest BCUT2D eigenvalue weighted by Gasteiger charge is 2.49. The molecule has 4 heterocycles. The zero-order chi connectivity index (χ0) is 26.4. The largest absolute Gasteiger partial charge is 0.379 e. The number of methoxy groups -OCH3 is 1. The van der Waals surface area contributed by atoms with Crippen molar-refractivity contribution in [2.24, 2.45) is 0 Å². The predicted molar refractivity (Wildman–Crippen MR) is 137 cm³/mol. The quantitative estimate of drug-likeness (QED) is 0.418. The molecular formula is C26H21ClFN7O3. The van der Waals surface area contributed by atoms with Gasteiger partial charge in [-0.2, -0.15) is 4.68 Å². The molecule has 0 aliphatic carbocycles. The first-order valence-electron chi connectivity index (χ1n) is 11.9. The molecule has 12 heteroatoms. The highest BCUT2D eigenvalue weighted by Crippen LogP contribution is 2.41. The normalized spacial score (nSPS) is 20.9. The highest BCUT2D eigenvalue weighted by molar-refractivity contribution is 6.31. The monoisotopic (exact) mass is 533 g/mol. The minimum atomic E-state index is -0.761. The Balaban J connectivity index is 1.32. The molecule has 2 aliphatic rings. The lowest BCUT2D eigenvalue weighted by Crippen LogP contribution is -2.49. The van der Waals surface area contributed by atoms with Crippen LogP contribution in [0.3, 0.4) is 0 Å². The van der Waals surface area contributed by atoms with E-state index in [1.807, 2.05) is 24.3 Å². The van der Waals surface area contributed by atoms with Crippen molar-refractivity contribution in [2.45, 2.75) is 31.0 Å². The lowest BCUT2D eigenvalue weighted by atomic mass is 9.91. The fourth-order valence-electron chi connectivity index (χ4n) is 5.30. The van der Waals surface area contributed by atoms with E-state index in [-0.39, 0.29) is 22.9 Å². The number of tetrazole rings is 1. The third kappa shape index (κ3) is 4.09. The number of ether oxygens (including phenoxy) is 1. The molecule has 192 valence electrons. The Kier molecular flexibility index (Phi) is 6.09. The van der Waals surface area contributed by atoms with E-state index in [0.717, 1.165) is 10.9 Å². The Morgan fingerprint density at radius 2 is 2.11 bits per heavy atom. The molecule has 1 N–H and O–H groups in total. The number of carbonyl (C=O) groups excluding carboxylic acids is 2. The first kappa shape index (κ1) is 24.1. The van der Waals surface area contributed by atoms with Crippen molar-refractivity contribution >= 4 is 45.6 Å². The second-order valence-corrected chi connectivity index (χ2v) is 9.53. The van der Waals surface area contributed by atoms with Crippen LogP contribution in [0.2, 0.25) is 5.02 Å². The molecule has 1 unspecified atom stereocenters. The summed E-state index contributed by atoms with van der Waals surface area (Å²) in [4.78, 5) is 32.6. The molecule has 0 radical (unpaired) electrons. The van der Waals surface area contributed by atoms with Crippen molar-refractivity contribution in [1.29, 1.82) is 0 Å². The lowest BCUT2D eigenvalue weighted by molar-refractivity contribution is -0.135. The molecule has 3 atom stereocenters. The van der Waals surface area contributed by atoms with Crippen molar-refractivity contribution in [3.63, 3.8) is 0 Å². The first-order valence-corrected chi connectivity index (χ1v) is 12.3. The Morgan fingerprint density at radius 1 is 1.24 bits per heavy atom. The third-order valence-electron chi connectivity index (χ3n) is 7.02. The van der Waals surface area contributed by atoms with Gasteiger partial charge in [-0.1, -0.05) is 17.7 Å². The smallest absolute Gasteiger partial charge is 0.247 e. The summed E-state index contributed by atoms with van der Waals surface area (Å²) < 4.78 is 22.4. The SMILES string of the molecule is CO[C@H]1C[C@@H](C(=O)Nc2ccc3ncccc3c2)N2C(=O)C=C(c3c(-n4cnnn4)ccc(Cl)c3F)CC12. The number of nitrogens with one attached hydrogen (secondary N) is 1. The number of hydrogen-bond acceptors (Lipinski definition) is 7. The average Bonchev–Trinajstić information content (AvgIpc) is 3.58. The van der Waals surface area contributed by atoms with Crippen LogP contribution in [-0.2, 0) is 14.3 Å². The number of pyridine rings is 1. The van der Waals surface area contributed by atoms with Gasteiger partial charge in [-0.15, -0.1) is 5.10 Å². The van der Waals surface area contributed by atoms with Crippen LogP contribution in [0.4, 0.5) is 10.1 Å². The fourth-order valence-corrected chi connectivity index (χ4v) is 5.46. The zero-order valence-corrected chi connectivity index (χ0v) is 20.8. The van der Waals surface area contributed by atoms with Crippen molar-refractivity contribution in [2.75, 3.05) is 12.4 Å². The summed E-state index contributed by atoms with van der Waals surface area (Å²) in [6, 6.07) is 10.9. The van der Waals surface area contributed by atoms with Crippen LogP contribution in [0.25, 0.3) is 22.2 Å². The van der Waals surface area contributed by atoms with Gasteiger partial charge >= 0.3 is 0 Å². The van der Waals surface area contributed by atoms with Gasteiger partial charge < -0.3 is 15.0 Å². The molecule has 38 heavy (non-hydrogen) atoms. The molecule has 2 aliphatic heterocycles. The van der Waals surface area contributed by atoms with E-state index in [4.69, 9.17) is 16.3 Å². The number of hydrogen-bond donors (Lipinski definition) is 1. The van der Waals surface area contributed by atoms with E-state index in [1.165, 1.54) is 35.2 Å². The second-order valence-electron chi connectivity index (χ2n) is 9.12. The van der Waals surface area contributed by atoms with E-state index in [9.17, 15) is 9.59 Å². The van der Waals surface area contributed by atoms with Gasteiger partial charge in [0.25, 0.3) is 0 Å². The second kappa shape index (κ2) is 9.58. The summed E-state index contributed by atoms with van der Waals surface area (Å²) in [6.07, 6.45) is 4.50. The summed E-state index contributed by atoms with van der Waals surface area (Å²) in [5.74, 6) is -1.42. The van der Waals surface area contributed by atoms with Gasteiger partial charge in [-0.05, 0) is 58.8 Å². The van der Waals surface area contributed by atoms with Crippen LogP contribution in [0, 0.1) is 5.82 Å². The summed E-state index contributed by atoms with van der Waals surface area (Å²) in [6.45, 7) is 0. The number of halogens is 2. The molecule has 0 spiro atoms. The zero-order valence-electron chi connectivity index (χ0n) is 20.1. The molecule has 2 aromatic carbocycles. The van der Waals surface area contributed by atoms with Crippen molar-refractivity contribution in [3.05, 3.63) is 77.5 Å². The standard InChI is InChI=1S/C26H21ClFN7O3/c1-38-22-12-21(26(37)31-16-4-6-18-14(9-16)3-2-8-29-18)35-20(22)10-15(11-23(35)36)24-19(34-13-30-32-33-34)7-5-17(27)25(24)28/h2-9,11,13,20-22H,10,12H2,1H3,(H,31,37)/t20?,21-,22-/m0/s1. The molecular weight excluding hydrogens is 513 g/mol. The van der Waals surface area contributed by atoms with E-state index in [1.54, 1.807) is 18.3 Å². The van der Waals surface area contributed by atoms with Crippen LogP contribution in [0.15, 0.2) is 61.1 Å². The molecule has 10 nitrogen and oxygen atoms in total. The lowest BCUT2D eigenvalue weighted by Gasteiger charge is -2.34. The maximum Gasteiger partial charge on any atom is 0.247 e. The van der Waals surface area contributed by atoms with Gasteiger partial charge in [0.2, 0.25) is 11.8 Å². The molecule has 2 aromatic heterocycles. The Bertz CT molecular complexity index is 1590. The topological polar surface area (TPSA) is 115 Å². The number of aromatic nitrogens is 5. The van der Waals surface area contributed by atoms with Gasteiger partial charge in [0.15, 0.2) is 5.82 Å². The van der Waals surface area contributed by atoms with Crippen LogP contribution in [-0.4, -0.2) is 67.2 Å². The number of rotatable bonds is 5. The average molecular weight is 534 g/mol. The summed E-state index contributed by atoms with van der Waals surface area (Å²) in [5, 5.41) is 14.8. The predicted octanol–water partition coefficient (Wildman–Crippen LogP) is 3.41. The van der Waals surface area contributed by atoms with E-state index in [0.29, 0.717) is 23.4 Å². The van der Waals surface area contributed by atoms with Crippen molar-refractivity contribution < 1.29 is 18.7 Å². The molecule has 0 saturated carbocycles. The van der Waals surface area contributed by atoms with E-state index >= 15 is 4.39 Å². The summed E-state index contributed by atoms with van der Waals surface area (Å²) >= 11 is 6.11.